The first-order chi connectivity index (χ1) is 13.2. The lowest BCUT2D eigenvalue weighted by Gasteiger charge is -2.13. The fraction of sp³-hybridized carbons (Fsp3) is 0.231. The van der Waals surface area contributed by atoms with Crippen LogP contribution in [0.1, 0.15) is 27.7 Å². The molecule has 1 nitrogen and oxygen atoms in total. The van der Waals surface area contributed by atoms with Crippen molar-refractivity contribution in [2.75, 3.05) is 19.0 Å². The van der Waals surface area contributed by atoms with Gasteiger partial charge in [-0.25, -0.2) is 0 Å². The van der Waals surface area contributed by atoms with Gasteiger partial charge in [-0.3, -0.25) is 0 Å². The first-order valence-corrected chi connectivity index (χ1v) is 9.66. The third-order valence-electron chi connectivity index (χ3n) is 4.02. The molecule has 0 aliphatic rings. The predicted molar refractivity (Wildman–Crippen MR) is 123 cm³/mol. The van der Waals surface area contributed by atoms with Crippen molar-refractivity contribution in [3.63, 3.8) is 0 Å². The molecule has 0 fully saturated rings. The van der Waals surface area contributed by atoms with Gasteiger partial charge < -0.3 is 4.90 Å². The molecule has 0 N–H and O–H groups in total. The van der Waals surface area contributed by atoms with Crippen LogP contribution >= 0.6 is 0 Å². The lowest BCUT2D eigenvalue weighted by atomic mass is 10.00. The van der Waals surface area contributed by atoms with Crippen LogP contribution in [0, 0.1) is 0 Å². The minimum absolute atomic E-state index is 1.22. The normalized spacial score (nSPS) is 9.70. The van der Waals surface area contributed by atoms with Crippen molar-refractivity contribution < 1.29 is 0 Å². The van der Waals surface area contributed by atoms with E-state index in [1.807, 2.05) is 45.9 Å². The van der Waals surface area contributed by atoms with Gasteiger partial charge in [0, 0.05) is 19.8 Å². The molecular formula is C26H33N. The Hall–Kier alpha value is -2.80. The van der Waals surface area contributed by atoms with E-state index in [0.29, 0.717) is 0 Å². The highest BCUT2D eigenvalue weighted by atomic mass is 15.1. The van der Waals surface area contributed by atoms with Gasteiger partial charge in [0.25, 0.3) is 0 Å². The summed E-state index contributed by atoms with van der Waals surface area (Å²) in [6.07, 6.45) is 4.00. The van der Waals surface area contributed by atoms with Gasteiger partial charge in [-0.05, 0) is 48.2 Å². The molecule has 0 spiro atoms. The van der Waals surface area contributed by atoms with Crippen LogP contribution in [0.2, 0.25) is 0 Å². The van der Waals surface area contributed by atoms with Gasteiger partial charge in [-0.1, -0.05) is 92.7 Å². The van der Waals surface area contributed by atoms with Crippen molar-refractivity contribution in [2.24, 2.45) is 0 Å². The van der Waals surface area contributed by atoms with Gasteiger partial charge in [0.05, 0.1) is 0 Å². The lowest BCUT2D eigenvalue weighted by molar-refractivity contribution is 1.13. The first kappa shape index (κ1) is 22.2. The summed E-state index contributed by atoms with van der Waals surface area (Å²) in [5.74, 6) is 0. The zero-order valence-electron chi connectivity index (χ0n) is 17.6. The maximum Gasteiger partial charge on any atom is 0.0367 e. The third-order valence-corrected chi connectivity index (χ3v) is 4.02. The Labute approximate surface area is 166 Å². The number of hydrogen-bond acceptors (Lipinski definition) is 1. The highest BCUT2D eigenvalue weighted by Gasteiger charge is 2.02. The SMILES string of the molecule is C/C=C\C.CC.CN(C)c1cccc(-c2ccc(-c3ccccc3)cc2)c1. The average molecular weight is 360 g/mol. The van der Waals surface area contributed by atoms with Crippen LogP contribution in [0.25, 0.3) is 22.3 Å². The first-order valence-electron chi connectivity index (χ1n) is 9.66. The molecule has 0 bridgehead atoms. The topological polar surface area (TPSA) is 3.24 Å². The summed E-state index contributed by atoms with van der Waals surface area (Å²) >= 11 is 0. The molecule has 0 radical (unpaired) electrons. The zero-order chi connectivity index (χ0) is 20.1. The quantitative estimate of drug-likeness (QED) is 0.433. The summed E-state index contributed by atoms with van der Waals surface area (Å²) < 4.78 is 0. The Morgan fingerprint density at radius 2 is 1.00 bits per heavy atom. The fourth-order valence-corrected chi connectivity index (χ4v) is 2.45. The Bertz CT molecular complexity index is 780. The highest BCUT2D eigenvalue weighted by Crippen LogP contribution is 2.27. The molecule has 0 atom stereocenters. The molecule has 0 saturated heterocycles. The van der Waals surface area contributed by atoms with Gasteiger partial charge in [0.15, 0.2) is 0 Å². The second-order valence-electron chi connectivity index (χ2n) is 6.05. The number of nitrogens with zero attached hydrogens (tertiary/aromatic N) is 1. The average Bonchev–Trinajstić information content (AvgIpc) is 2.76. The standard InChI is InChI=1S/C20H19N.C4H8.C2H6/c1-21(2)20-10-6-9-19(15-20)18-13-11-17(12-14-18)16-7-4-3-5-8-16;1-3-4-2;1-2/h3-15H,1-2H3;3-4H,1-2H3;1-2H3/b;4-3-;. The van der Waals surface area contributed by atoms with Crippen LogP contribution in [0.15, 0.2) is 91.0 Å². The molecular weight excluding hydrogens is 326 g/mol. The van der Waals surface area contributed by atoms with E-state index in [9.17, 15) is 0 Å². The molecule has 3 aromatic rings. The molecule has 3 aromatic carbocycles. The van der Waals surface area contributed by atoms with Crippen molar-refractivity contribution in [3.05, 3.63) is 91.0 Å². The van der Waals surface area contributed by atoms with E-state index in [1.54, 1.807) is 0 Å². The molecule has 0 aliphatic carbocycles. The maximum absolute atomic E-state index is 2.22. The van der Waals surface area contributed by atoms with Gasteiger partial charge in [-0.15, -0.1) is 0 Å². The maximum atomic E-state index is 2.22. The molecule has 0 unspecified atom stereocenters. The van der Waals surface area contributed by atoms with E-state index < -0.39 is 0 Å². The Balaban J connectivity index is 0.000000541. The van der Waals surface area contributed by atoms with Crippen molar-refractivity contribution >= 4 is 5.69 Å². The second-order valence-corrected chi connectivity index (χ2v) is 6.05. The number of allylic oxidation sites excluding steroid dienone is 2. The molecule has 0 amide bonds. The number of rotatable bonds is 3. The van der Waals surface area contributed by atoms with Crippen molar-refractivity contribution in [3.8, 4) is 22.3 Å². The van der Waals surface area contributed by atoms with Crippen LogP contribution in [-0.2, 0) is 0 Å². The summed E-state index contributed by atoms with van der Waals surface area (Å²) in [6.45, 7) is 8.00. The van der Waals surface area contributed by atoms with Gasteiger partial charge in [-0.2, -0.15) is 0 Å². The molecule has 0 saturated carbocycles. The van der Waals surface area contributed by atoms with Crippen LogP contribution in [0.5, 0.6) is 0 Å². The summed E-state index contributed by atoms with van der Waals surface area (Å²) in [7, 11) is 4.13. The lowest BCUT2D eigenvalue weighted by Crippen LogP contribution is -2.08. The number of benzene rings is 3. The van der Waals surface area contributed by atoms with E-state index in [2.05, 4.69) is 91.8 Å². The Morgan fingerprint density at radius 1 is 0.556 bits per heavy atom. The van der Waals surface area contributed by atoms with E-state index in [4.69, 9.17) is 0 Å². The van der Waals surface area contributed by atoms with E-state index in [1.165, 1.54) is 27.9 Å². The summed E-state index contributed by atoms with van der Waals surface area (Å²) in [5, 5.41) is 0. The largest absolute Gasteiger partial charge is 0.378 e. The minimum atomic E-state index is 1.22. The minimum Gasteiger partial charge on any atom is -0.378 e. The molecule has 0 aromatic heterocycles. The van der Waals surface area contributed by atoms with Crippen LogP contribution in [-0.4, -0.2) is 14.1 Å². The van der Waals surface area contributed by atoms with Crippen LogP contribution in [0.3, 0.4) is 0 Å². The molecule has 142 valence electrons. The van der Waals surface area contributed by atoms with Gasteiger partial charge in [0.1, 0.15) is 0 Å². The van der Waals surface area contributed by atoms with Crippen LogP contribution < -0.4 is 4.90 Å². The van der Waals surface area contributed by atoms with Crippen molar-refractivity contribution in [2.45, 2.75) is 27.7 Å². The van der Waals surface area contributed by atoms with Gasteiger partial charge in [0.2, 0.25) is 0 Å². The highest BCUT2D eigenvalue weighted by molar-refractivity contribution is 5.72. The fourth-order valence-electron chi connectivity index (χ4n) is 2.45. The Morgan fingerprint density at radius 3 is 1.48 bits per heavy atom. The zero-order valence-corrected chi connectivity index (χ0v) is 17.6. The molecule has 3 rings (SSSR count). The summed E-state index contributed by atoms with van der Waals surface area (Å²) in [4.78, 5) is 2.13. The number of anilines is 1. The van der Waals surface area contributed by atoms with E-state index >= 15 is 0 Å². The second kappa shape index (κ2) is 12.5. The molecule has 0 heterocycles. The van der Waals surface area contributed by atoms with E-state index in [0.717, 1.165) is 0 Å². The predicted octanol–water partition coefficient (Wildman–Crippen LogP) is 7.70. The molecule has 1 heteroatoms. The van der Waals surface area contributed by atoms with Crippen molar-refractivity contribution in [1.82, 2.24) is 0 Å². The summed E-state index contributed by atoms with van der Waals surface area (Å²) in [5.41, 5.74) is 6.23. The Kier molecular flexibility index (Phi) is 10.3. The smallest absolute Gasteiger partial charge is 0.0367 e. The van der Waals surface area contributed by atoms with Crippen molar-refractivity contribution in [1.29, 1.82) is 0 Å². The molecule has 27 heavy (non-hydrogen) atoms. The van der Waals surface area contributed by atoms with Crippen LogP contribution in [0.4, 0.5) is 5.69 Å². The summed E-state index contributed by atoms with van der Waals surface area (Å²) in [6, 6.07) is 27.8. The monoisotopic (exact) mass is 359 g/mol. The molecule has 0 aliphatic heterocycles. The van der Waals surface area contributed by atoms with E-state index in [-0.39, 0.29) is 0 Å². The number of hydrogen-bond donors (Lipinski definition) is 0. The van der Waals surface area contributed by atoms with Gasteiger partial charge >= 0.3 is 0 Å². The third kappa shape index (κ3) is 7.15.